The van der Waals surface area contributed by atoms with E-state index in [1.165, 1.54) is 27.1 Å². The molecule has 0 saturated heterocycles. The molecule has 4 rings (SSSR count). The zero-order valence-corrected chi connectivity index (χ0v) is 23.3. The molecule has 0 spiro atoms. The number of hydrogen-bond acceptors (Lipinski definition) is 5. The van der Waals surface area contributed by atoms with Crippen molar-refractivity contribution in [2.45, 2.75) is 20.3 Å². The summed E-state index contributed by atoms with van der Waals surface area (Å²) in [7, 11) is -2.13. The Bertz CT molecular complexity index is 1660. The van der Waals surface area contributed by atoms with E-state index in [2.05, 4.69) is 0 Å². The van der Waals surface area contributed by atoms with Crippen molar-refractivity contribution in [3.8, 4) is 28.4 Å². The van der Waals surface area contributed by atoms with Gasteiger partial charge in [-0.2, -0.15) is 0 Å². The zero-order chi connectivity index (χ0) is 28.9. The third kappa shape index (κ3) is 6.51. The minimum Gasteiger partial charge on any atom is -0.493 e. The van der Waals surface area contributed by atoms with Crippen LogP contribution in [-0.4, -0.2) is 31.9 Å². The molecule has 1 aromatic heterocycles. The van der Waals surface area contributed by atoms with E-state index >= 15 is 0 Å². The number of aryl methyl sites for hydroxylation is 1. The highest BCUT2D eigenvalue weighted by atomic mass is 32.2. The molecule has 0 saturated carbocycles. The van der Waals surface area contributed by atoms with Crippen LogP contribution in [0.15, 0.2) is 83.8 Å². The summed E-state index contributed by atoms with van der Waals surface area (Å²) in [6.07, 6.45) is 2.02. The second-order valence-electron chi connectivity index (χ2n) is 9.00. The van der Waals surface area contributed by atoms with Gasteiger partial charge in [-0.25, -0.2) is 17.2 Å². The number of hydrogen-bond donors (Lipinski definition) is 0. The molecular formula is C30H30F2N2O5S. The smallest absolute Gasteiger partial charge is 0.254 e. The van der Waals surface area contributed by atoms with Crippen molar-refractivity contribution < 1.29 is 26.7 Å². The number of ether oxygens (including phenoxy) is 2. The molecule has 40 heavy (non-hydrogen) atoms. The summed E-state index contributed by atoms with van der Waals surface area (Å²) >= 11 is 0. The summed E-state index contributed by atoms with van der Waals surface area (Å²) in [4.78, 5) is 12.4. The van der Waals surface area contributed by atoms with Gasteiger partial charge in [-0.05, 0) is 56.2 Å². The lowest BCUT2D eigenvalue weighted by Crippen LogP contribution is -2.34. The van der Waals surface area contributed by atoms with Crippen molar-refractivity contribution in [3.63, 3.8) is 0 Å². The minimum absolute atomic E-state index is 0.125. The number of anilines is 1. The summed E-state index contributed by atoms with van der Waals surface area (Å²) < 4.78 is 68.8. The lowest BCUT2D eigenvalue weighted by atomic mass is 10.0. The Morgan fingerprint density at radius 1 is 0.875 bits per heavy atom. The van der Waals surface area contributed by atoms with Crippen LogP contribution < -0.4 is 19.3 Å². The van der Waals surface area contributed by atoms with E-state index in [4.69, 9.17) is 9.47 Å². The van der Waals surface area contributed by atoms with E-state index < -0.39 is 21.7 Å². The average Bonchev–Trinajstić information content (AvgIpc) is 2.93. The maximum Gasteiger partial charge on any atom is 0.254 e. The van der Waals surface area contributed by atoms with Gasteiger partial charge in [0.25, 0.3) is 5.56 Å². The fourth-order valence-corrected chi connectivity index (χ4v) is 5.31. The maximum atomic E-state index is 14.5. The van der Waals surface area contributed by atoms with Gasteiger partial charge in [0.2, 0.25) is 10.0 Å². The first-order chi connectivity index (χ1) is 19.1. The Labute approximate surface area is 232 Å². The standard InChI is InChI=1S/C30H30F2N2O5S/c1-4-38-29-19-30(35)33(3)20-25(29)24-18-23(12-14-27(24)39-28-13-11-22(31)17-26(28)32)34(40(36,37)5-2)16-15-21-9-7-6-8-10-21/h6-14,17-20H,4-5,15-16H2,1-3H3. The molecule has 4 aromatic rings. The van der Waals surface area contributed by atoms with Crippen LogP contribution in [0.25, 0.3) is 11.1 Å². The van der Waals surface area contributed by atoms with Gasteiger partial charge in [-0.1, -0.05) is 30.3 Å². The molecule has 10 heteroatoms. The second kappa shape index (κ2) is 12.3. The average molecular weight is 569 g/mol. The molecule has 0 radical (unpaired) electrons. The number of benzene rings is 3. The maximum absolute atomic E-state index is 14.5. The highest BCUT2D eigenvalue weighted by Crippen LogP contribution is 2.41. The molecule has 210 valence electrons. The van der Waals surface area contributed by atoms with E-state index in [1.807, 2.05) is 30.3 Å². The van der Waals surface area contributed by atoms with Crippen molar-refractivity contribution in [2.24, 2.45) is 7.05 Å². The summed E-state index contributed by atoms with van der Waals surface area (Å²) in [5, 5.41) is 0. The fraction of sp³-hybridized carbons (Fsp3) is 0.233. The largest absolute Gasteiger partial charge is 0.493 e. The van der Waals surface area contributed by atoms with Crippen LogP contribution >= 0.6 is 0 Å². The molecule has 0 amide bonds. The SMILES string of the molecule is CCOc1cc(=O)n(C)cc1-c1cc(N(CCc2ccccc2)S(=O)(=O)CC)ccc1Oc1ccc(F)cc1F. The highest BCUT2D eigenvalue weighted by molar-refractivity contribution is 7.92. The number of pyridine rings is 1. The zero-order valence-electron chi connectivity index (χ0n) is 22.4. The quantitative estimate of drug-likeness (QED) is 0.225. The van der Waals surface area contributed by atoms with Crippen molar-refractivity contribution in [3.05, 3.63) is 107 Å². The van der Waals surface area contributed by atoms with E-state index in [0.717, 1.165) is 11.6 Å². The lowest BCUT2D eigenvalue weighted by Gasteiger charge is -2.25. The Morgan fingerprint density at radius 3 is 2.27 bits per heavy atom. The molecular weight excluding hydrogens is 538 g/mol. The van der Waals surface area contributed by atoms with Crippen LogP contribution in [0.4, 0.5) is 14.5 Å². The first-order valence-electron chi connectivity index (χ1n) is 12.8. The minimum atomic E-state index is -3.70. The number of nitrogens with zero attached hydrogens (tertiary/aromatic N) is 2. The summed E-state index contributed by atoms with van der Waals surface area (Å²) in [6, 6.07) is 18.5. The third-order valence-electron chi connectivity index (χ3n) is 6.29. The molecule has 3 aromatic carbocycles. The van der Waals surface area contributed by atoms with Crippen molar-refractivity contribution in [1.29, 1.82) is 0 Å². The van der Waals surface area contributed by atoms with Crippen molar-refractivity contribution in [2.75, 3.05) is 23.2 Å². The molecule has 0 fully saturated rings. The third-order valence-corrected chi connectivity index (χ3v) is 8.09. The van der Waals surface area contributed by atoms with Crippen LogP contribution in [0.2, 0.25) is 0 Å². The van der Waals surface area contributed by atoms with Crippen LogP contribution in [0.5, 0.6) is 17.2 Å². The van der Waals surface area contributed by atoms with E-state index in [0.29, 0.717) is 29.3 Å². The van der Waals surface area contributed by atoms with Gasteiger partial charge in [-0.3, -0.25) is 9.10 Å². The molecule has 1 heterocycles. The Morgan fingerprint density at radius 2 is 1.60 bits per heavy atom. The number of rotatable bonds is 11. The predicted octanol–water partition coefficient (Wildman–Crippen LogP) is 5.92. The predicted molar refractivity (Wildman–Crippen MR) is 152 cm³/mol. The molecule has 0 N–H and O–H groups in total. The first-order valence-corrected chi connectivity index (χ1v) is 14.4. The van der Waals surface area contributed by atoms with Gasteiger partial charge < -0.3 is 14.0 Å². The summed E-state index contributed by atoms with van der Waals surface area (Å²) in [5.74, 6) is -1.60. The van der Waals surface area contributed by atoms with E-state index in [-0.39, 0.29) is 41.7 Å². The van der Waals surface area contributed by atoms with Gasteiger partial charge >= 0.3 is 0 Å². The van der Waals surface area contributed by atoms with Gasteiger partial charge in [0.15, 0.2) is 11.6 Å². The molecule has 0 atom stereocenters. The van der Waals surface area contributed by atoms with Crippen molar-refractivity contribution >= 4 is 15.7 Å². The topological polar surface area (TPSA) is 77.8 Å². The molecule has 0 aliphatic heterocycles. The molecule has 0 bridgehead atoms. The first kappa shape index (κ1) is 28.8. The van der Waals surface area contributed by atoms with Crippen LogP contribution in [0, 0.1) is 11.6 Å². The van der Waals surface area contributed by atoms with Gasteiger partial charge in [0, 0.05) is 43.0 Å². The lowest BCUT2D eigenvalue weighted by molar-refractivity contribution is 0.340. The Hall–Kier alpha value is -4.18. The van der Waals surface area contributed by atoms with Gasteiger partial charge in [0.1, 0.15) is 17.3 Å². The number of halogens is 2. The van der Waals surface area contributed by atoms with E-state index in [9.17, 15) is 22.0 Å². The molecule has 0 unspecified atom stereocenters. The second-order valence-corrected chi connectivity index (χ2v) is 11.2. The van der Waals surface area contributed by atoms with Crippen molar-refractivity contribution in [1.82, 2.24) is 4.57 Å². The van der Waals surface area contributed by atoms with E-state index in [1.54, 1.807) is 39.2 Å². The van der Waals surface area contributed by atoms with Gasteiger partial charge in [-0.15, -0.1) is 0 Å². The highest BCUT2D eigenvalue weighted by Gasteiger charge is 2.24. The Kier molecular flexibility index (Phi) is 8.89. The molecule has 0 aliphatic rings. The summed E-state index contributed by atoms with van der Waals surface area (Å²) in [5.41, 5.74) is 1.81. The Balaban J connectivity index is 1.88. The number of sulfonamides is 1. The molecule has 7 nitrogen and oxygen atoms in total. The van der Waals surface area contributed by atoms with Gasteiger partial charge in [0.05, 0.1) is 18.0 Å². The normalized spacial score (nSPS) is 11.3. The summed E-state index contributed by atoms with van der Waals surface area (Å²) in [6.45, 7) is 3.77. The van der Waals surface area contributed by atoms with Crippen LogP contribution in [0.3, 0.4) is 0 Å². The molecule has 0 aliphatic carbocycles. The number of aromatic nitrogens is 1. The van der Waals surface area contributed by atoms with Crippen LogP contribution in [-0.2, 0) is 23.5 Å². The van der Waals surface area contributed by atoms with Crippen LogP contribution in [0.1, 0.15) is 19.4 Å². The monoisotopic (exact) mass is 568 g/mol. The fourth-order valence-electron chi connectivity index (χ4n) is 4.20.